The Morgan fingerprint density at radius 3 is 3.12 bits per heavy atom. The van der Waals surface area contributed by atoms with Crippen LogP contribution in [0.25, 0.3) is 0 Å². The molecule has 0 unspecified atom stereocenters. The van der Waals surface area contributed by atoms with E-state index in [0.29, 0.717) is 0 Å². The van der Waals surface area contributed by atoms with Gasteiger partial charge in [0, 0.05) is 0 Å². The summed E-state index contributed by atoms with van der Waals surface area (Å²) in [6.07, 6.45) is 9.16. The molecule has 0 aromatic rings. The Balaban J connectivity index is -0.000000213. The molecule has 0 N–H and O–H groups in total. The first-order valence-electron chi connectivity index (χ1n) is 2.92. The van der Waals surface area contributed by atoms with Crippen LogP contribution in [0.5, 0.6) is 0 Å². The van der Waals surface area contributed by atoms with Crippen LogP contribution in [0.4, 0.5) is 0 Å². The van der Waals surface area contributed by atoms with Gasteiger partial charge in [-0.05, 0) is 0 Å². The quantitative estimate of drug-likeness (QED) is 0.623. The zero-order chi connectivity index (χ0) is 5.82. The topological polar surface area (TPSA) is 0 Å². The monoisotopic (exact) mass is 186 g/mol. The van der Waals surface area contributed by atoms with E-state index in [-0.39, 0.29) is 4.28 Å². The second-order valence-electron chi connectivity index (χ2n) is 1.96. The van der Waals surface area contributed by atoms with Gasteiger partial charge in [-0.2, -0.15) is 0 Å². The van der Waals surface area contributed by atoms with Gasteiger partial charge in [-0.25, -0.2) is 0 Å². The molecule has 1 aliphatic carbocycles. The third-order valence-corrected chi connectivity index (χ3v) is 1.91. The summed E-state index contributed by atoms with van der Waals surface area (Å²) in [6.45, 7) is 0. The Hall–Kier alpha value is 0.363. The molecule has 0 saturated carbocycles. The summed E-state index contributed by atoms with van der Waals surface area (Å²) in [4.78, 5) is 0. The molecular formula is C7H12Zr. The second kappa shape index (κ2) is 3.40. The molecule has 0 fully saturated rings. The molecule has 44 valence electrons. The average Bonchev–Trinajstić information content (AvgIpc) is 2.19. The first-order valence-corrected chi connectivity index (χ1v) is 4.66. The molecule has 0 heterocycles. The number of rotatable bonds is 2. The van der Waals surface area contributed by atoms with Crippen LogP contribution in [-0.2, 0) is 24.7 Å². The van der Waals surface area contributed by atoms with Crippen molar-refractivity contribution in [3.63, 3.8) is 0 Å². The van der Waals surface area contributed by atoms with Crippen molar-refractivity contribution in [2.45, 2.75) is 17.0 Å². The predicted octanol–water partition coefficient (Wildman–Crippen LogP) is 2.57. The first-order chi connectivity index (χ1) is 3.93. The van der Waals surface area contributed by atoms with Crippen LogP contribution >= 0.6 is 0 Å². The van der Waals surface area contributed by atoms with Gasteiger partial charge < -0.3 is 4.28 Å². The number of hydrogen-bond acceptors (Lipinski definition) is 0. The van der Waals surface area contributed by atoms with E-state index in [4.69, 9.17) is 0 Å². The normalized spacial score (nSPS) is 17.0. The molecule has 0 bridgehead atoms. The summed E-state index contributed by atoms with van der Waals surface area (Å²) < 4.78 is 1.38. The van der Waals surface area contributed by atoms with Crippen LogP contribution in [0.15, 0.2) is 23.8 Å². The molecule has 0 saturated heterocycles. The van der Waals surface area contributed by atoms with E-state index in [1.807, 2.05) is 0 Å². The van der Waals surface area contributed by atoms with Gasteiger partial charge in [0.25, 0.3) is 0 Å². The Morgan fingerprint density at radius 2 is 2.62 bits per heavy atom. The van der Waals surface area contributed by atoms with Crippen LogP contribution in [0.2, 0.25) is 4.13 Å². The van der Waals surface area contributed by atoms with E-state index in [2.05, 4.69) is 18.2 Å². The maximum atomic E-state index is 2.24. The Morgan fingerprint density at radius 1 is 1.75 bits per heavy atom. The average molecular weight is 187 g/mol. The van der Waals surface area contributed by atoms with E-state index in [1.54, 1.807) is 30.3 Å². The fourth-order valence-corrected chi connectivity index (χ4v) is 1.63. The van der Waals surface area contributed by atoms with Gasteiger partial charge in [0.15, 0.2) is 0 Å². The molecular weight excluding hydrogens is 175 g/mol. The Kier molecular flexibility index (Phi) is 2.76. The van der Waals surface area contributed by atoms with E-state index in [9.17, 15) is 0 Å². The van der Waals surface area contributed by atoms with Crippen molar-refractivity contribution >= 4 is 0 Å². The SMILES string of the molecule is [H-].[H-].[H-].[Zr+3][CH2]CC1=CC=CC1. The summed E-state index contributed by atoms with van der Waals surface area (Å²) in [5.41, 5.74) is 1.61. The third-order valence-electron chi connectivity index (χ3n) is 1.29. The van der Waals surface area contributed by atoms with Gasteiger partial charge in [-0.1, -0.05) is 0 Å². The van der Waals surface area contributed by atoms with Gasteiger partial charge in [-0.15, -0.1) is 0 Å². The molecule has 0 aromatic carbocycles. The zero-order valence-electron chi connectivity index (χ0n) is 7.85. The van der Waals surface area contributed by atoms with Crippen molar-refractivity contribution in [1.82, 2.24) is 0 Å². The summed E-state index contributed by atoms with van der Waals surface area (Å²) >= 11 is 1.66. The Bertz CT molecular complexity index is 132. The van der Waals surface area contributed by atoms with Gasteiger partial charge in [0.2, 0.25) is 0 Å². The summed E-state index contributed by atoms with van der Waals surface area (Å²) in [6, 6.07) is 0. The minimum atomic E-state index is 0. The minimum absolute atomic E-state index is 0. The van der Waals surface area contributed by atoms with Crippen LogP contribution in [0.3, 0.4) is 0 Å². The van der Waals surface area contributed by atoms with Crippen molar-refractivity contribution in [3.8, 4) is 0 Å². The summed E-state index contributed by atoms with van der Waals surface area (Å²) in [7, 11) is 0. The van der Waals surface area contributed by atoms with Gasteiger partial charge in [0.05, 0.1) is 0 Å². The van der Waals surface area contributed by atoms with Crippen molar-refractivity contribution in [2.75, 3.05) is 0 Å². The molecule has 1 aliphatic rings. The van der Waals surface area contributed by atoms with Gasteiger partial charge in [0.1, 0.15) is 0 Å². The molecule has 0 aromatic heterocycles. The number of hydrogen-bond donors (Lipinski definition) is 0. The van der Waals surface area contributed by atoms with Crippen molar-refractivity contribution in [2.24, 2.45) is 0 Å². The number of allylic oxidation sites excluding steroid dienone is 4. The molecule has 0 aliphatic heterocycles. The fraction of sp³-hybridized carbons (Fsp3) is 0.429. The van der Waals surface area contributed by atoms with Crippen molar-refractivity contribution in [3.05, 3.63) is 23.8 Å². The molecule has 8 heavy (non-hydrogen) atoms. The van der Waals surface area contributed by atoms with Crippen LogP contribution in [-0.4, -0.2) is 0 Å². The molecule has 0 spiro atoms. The molecule has 1 heteroatoms. The first kappa shape index (κ1) is 6.48. The second-order valence-corrected chi connectivity index (χ2v) is 3.19. The predicted molar refractivity (Wildman–Crippen MR) is 34.6 cm³/mol. The fourth-order valence-electron chi connectivity index (χ4n) is 0.838. The standard InChI is InChI=1S/C7H9.Zr.3H/c1-2-7-5-3-4-6-7;;;;/h3-5H,1-2,6H2;;;;/q;+3;3*-1. The zero-order valence-corrected chi connectivity index (χ0v) is 7.31. The molecule has 1 rings (SSSR count). The van der Waals surface area contributed by atoms with E-state index in [0.717, 1.165) is 0 Å². The third kappa shape index (κ3) is 1.70. The summed E-state index contributed by atoms with van der Waals surface area (Å²) in [5.74, 6) is 0. The molecule has 0 atom stereocenters. The Labute approximate surface area is 70.0 Å². The maximum absolute atomic E-state index is 2.24. The molecule has 0 amide bonds. The molecule has 0 radical (unpaired) electrons. The van der Waals surface area contributed by atoms with E-state index in [1.165, 1.54) is 17.0 Å². The van der Waals surface area contributed by atoms with Crippen molar-refractivity contribution < 1.29 is 29.0 Å². The van der Waals surface area contributed by atoms with Gasteiger partial charge in [-0.3, -0.25) is 0 Å². The van der Waals surface area contributed by atoms with Crippen LogP contribution < -0.4 is 0 Å². The van der Waals surface area contributed by atoms with Crippen molar-refractivity contribution in [1.29, 1.82) is 0 Å². The van der Waals surface area contributed by atoms with Gasteiger partial charge >= 0.3 is 65.5 Å². The van der Waals surface area contributed by atoms with Crippen LogP contribution in [0.1, 0.15) is 17.1 Å². The molecule has 0 nitrogen and oxygen atoms in total. The summed E-state index contributed by atoms with van der Waals surface area (Å²) in [5, 5.41) is 0. The van der Waals surface area contributed by atoms with Crippen LogP contribution in [0, 0.1) is 0 Å². The van der Waals surface area contributed by atoms with E-state index >= 15 is 0 Å². The van der Waals surface area contributed by atoms with E-state index < -0.39 is 0 Å².